The number of likely N-dealkylation sites (N-methyl/N-ethyl adjacent to an activating group) is 1. The highest BCUT2D eigenvalue weighted by atomic mass is 127. The molecule has 1 saturated heterocycles. The molecule has 176 valence electrons. The van der Waals surface area contributed by atoms with Crippen molar-refractivity contribution in [1.82, 2.24) is 4.90 Å². The number of nitrogens with zero attached hydrogens (tertiary/aromatic N) is 3. The topological polar surface area (TPSA) is 66.1 Å². The molecule has 1 fully saturated rings. The van der Waals surface area contributed by atoms with Crippen molar-refractivity contribution in [2.75, 3.05) is 42.9 Å². The summed E-state index contributed by atoms with van der Waals surface area (Å²) in [6.45, 7) is 6.66. The zero-order valence-corrected chi connectivity index (χ0v) is 19.9. The minimum Gasteiger partial charge on any atom is -0.406 e. The van der Waals surface area contributed by atoms with Crippen molar-refractivity contribution >= 4 is 41.3 Å². The molecule has 32 heavy (non-hydrogen) atoms. The van der Waals surface area contributed by atoms with Gasteiger partial charge in [0.2, 0.25) is 0 Å². The van der Waals surface area contributed by atoms with E-state index in [2.05, 4.69) is 26.9 Å². The van der Waals surface area contributed by atoms with Crippen LogP contribution in [0.4, 0.5) is 28.9 Å². The van der Waals surface area contributed by atoms with Gasteiger partial charge in [0, 0.05) is 31.9 Å². The van der Waals surface area contributed by atoms with Crippen LogP contribution >= 0.6 is 24.0 Å². The average molecular weight is 567 g/mol. The molecule has 3 rings (SSSR count). The molecular weight excluding hydrogens is 541 g/mol. The summed E-state index contributed by atoms with van der Waals surface area (Å²) in [7, 11) is 0. The van der Waals surface area contributed by atoms with E-state index in [-0.39, 0.29) is 48.0 Å². The molecule has 0 aromatic heterocycles. The first kappa shape index (κ1) is 26.0. The predicted molar refractivity (Wildman–Crippen MR) is 128 cm³/mol. The van der Waals surface area contributed by atoms with Crippen LogP contribution in [0, 0.1) is 5.82 Å². The van der Waals surface area contributed by atoms with E-state index in [9.17, 15) is 17.6 Å². The molecule has 0 radical (unpaired) electrons. The van der Waals surface area contributed by atoms with Gasteiger partial charge in [0.15, 0.2) is 5.96 Å². The first-order chi connectivity index (χ1) is 14.7. The summed E-state index contributed by atoms with van der Waals surface area (Å²) < 4.78 is 55.0. The van der Waals surface area contributed by atoms with Gasteiger partial charge in [-0.2, -0.15) is 0 Å². The maximum Gasteiger partial charge on any atom is 0.573 e. The zero-order chi connectivity index (χ0) is 22.4. The van der Waals surface area contributed by atoms with Crippen molar-refractivity contribution in [1.29, 1.82) is 0 Å². The third-order valence-electron chi connectivity index (χ3n) is 4.96. The zero-order valence-electron chi connectivity index (χ0n) is 17.5. The van der Waals surface area contributed by atoms with Gasteiger partial charge in [-0.1, -0.05) is 13.0 Å². The highest BCUT2D eigenvalue weighted by Gasteiger charge is 2.30. The quantitative estimate of drug-likeness (QED) is 0.235. The molecule has 1 aliphatic heterocycles. The van der Waals surface area contributed by atoms with Gasteiger partial charge in [-0.3, -0.25) is 0 Å². The number of benzene rings is 2. The number of anilines is 2. The van der Waals surface area contributed by atoms with Gasteiger partial charge in [0.1, 0.15) is 11.6 Å². The number of halogens is 5. The lowest BCUT2D eigenvalue weighted by molar-refractivity contribution is -0.274. The monoisotopic (exact) mass is 567 g/mol. The summed E-state index contributed by atoms with van der Waals surface area (Å²) >= 11 is 0. The van der Waals surface area contributed by atoms with Crippen LogP contribution in [0.15, 0.2) is 47.5 Å². The van der Waals surface area contributed by atoms with E-state index in [1.54, 1.807) is 6.07 Å². The molecule has 11 heteroatoms. The SMILES string of the molecule is CCN1CCN(c2ccc(CN=C(N)Nc3ccc(OC(F)(F)F)cc3)cc2F)CC1.I. The molecule has 0 spiro atoms. The number of nitrogens with two attached hydrogens (primary N) is 1. The number of ether oxygens (including phenoxy) is 1. The van der Waals surface area contributed by atoms with Crippen molar-refractivity contribution in [2.45, 2.75) is 19.8 Å². The lowest BCUT2D eigenvalue weighted by atomic mass is 10.1. The Balaban J connectivity index is 0.00000363. The Kier molecular flexibility index (Phi) is 9.37. The number of piperazine rings is 1. The molecule has 0 saturated carbocycles. The minimum atomic E-state index is -4.75. The van der Waals surface area contributed by atoms with E-state index in [4.69, 9.17) is 5.73 Å². The van der Waals surface area contributed by atoms with Crippen LogP contribution < -0.4 is 20.7 Å². The first-order valence-corrected chi connectivity index (χ1v) is 9.92. The summed E-state index contributed by atoms with van der Waals surface area (Å²) in [6, 6.07) is 10.1. The number of aliphatic imine (C=N–C) groups is 1. The Morgan fingerprint density at radius 1 is 1.09 bits per heavy atom. The number of hydrogen-bond donors (Lipinski definition) is 2. The van der Waals surface area contributed by atoms with Crippen LogP contribution in [0.2, 0.25) is 0 Å². The molecule has 1 aliphatic rings. The molecule has 2 aromatic carbocycles. The average Bonchev–Trinajstić information content (AvgIpc) is 2.73. The standard InChI is InChI=1S/C21H25F4N5O.HI/c1-2-29-9-11-30(12-10-29)19-8-3-15(13-18(19)22)14-27-20(26)28-16-4-6-17(7-5-16)31-21(23,24)25;/h3-8,13H,2,9-12,14H2,1H3,(H3,26,27,28);1H. The van der Waals surface area contributed by atoms with Crippen LogP contribution in [0.1, 0.15) is 12.5 Å². The van der Waals surface area contributed by atoms with E-state index in [1.807, 2.05) is 11.0 Å². The highest BCUT2D eigenvalue weighted by Crippen LogP contribution is 2.24. The van der Waals surface area contributed by atoms with Gasteiger partial charge in [0.05, 0.1) is 12.2 Å². The molecule has 2 aromatic rings. The molecule has 0 unspecified atom stereocenters. The molecular formula is C21H26F4IN5O. The van der Waals surface area contributed by atoms with Gasteiger partial charge in [-0.25, -0.2) is 9.38 Å². The summed E-state index contributed by atoms with van der Waals surface area (Å²) in [5.74, 6) is -0.575. The molecule has 0 aliphatic carbocycles. The molecule has 0 bridgehead atoms. The van der Waals surface area contributed by atoms with Crippen LogP contribution in [0.25, 0.3) is 0 Å². The normalized spacial score (nSPS) is 15.3. The first-order valence-electron chi connectivity index (χ1n) is 9.92. The Labute approximate surface area is 201 Å². The second kappa shape index (κ2) is 11.5. The van der Waals surface area contributed by atoms with Gasteiger partial charge >= 0.3 is 6.36 Å². The predicted octanol–water partition coefficient (Wildman–Crippen LogP) is 4.41. The summed E-state index contributed by atoms with van der Waals surface area (Å²) in [5.41, 5.74) is 7.51. The van der Waals surface area contributed by atoms with E-state index in [0.717, 1.165) is 44.9 Å². The fourth-order valence-electron chi connectivity index (χ4n) is 3.31. The summed E-state index contributed by atoms with van der Waals surface area (Å²) in [4.78, 5) is 8.52. The van der Waals surface area contributed by atoms with E-state index in [1.165, 1.54) is 18.2 Å². The maximum atomic E-state index is 14.6. The van der Waals surface area contributed by atoms with Crippen LogP contribution in [-0.4, -0.2) is 49.9 Å². The molecule has 3 N–H and O–H groups in total. The number of guanidine groups is 1. The van der Waals surface area contributed by atoms with Gasteiger partial charge < -0.3 is 25.6 Å². The van der Waals surface area contributed by atoms with E-state index < -0.39 is 6.36 Å². The van der Waals surface area contributed by atoms with Crippen molar-refractivity contribution in [3.05, 3.63) is 53.8 Å². The third-order valence-corrected chi connectivity index (χ3v) is 4.96. The third kappa shape index (κ3) is 7.69. The Morgan fingerprint density at radius 2 is 1.75 bits per heavy atom. The Hall–Kier alpha value is -2.28. The van der Waals surface area contributed by atoms with Crippen LogP contribution in [-0.2, 0) is 6.54 Å². The van der Waals surface area contributed by atoms with Gasteiger partial charge in [-0.15, -0.1) is 37.1 Å². The Bertz CT molecular complexity index is 900. The smallest absolute Gasteiger partial charge is 0.406 e. The summed E-state index contributed by atoms with van der Waals surface area (Å²) in [6.07, 6.45) is -4.75. The lowest BCUT2D eigenvalue weighted by Crippen LogP contribution is -2.46. The van der Waals surface area contributed by atoms with Crippen molar-refractivity contribution in [3.63, 3.8) is 0 Å². The van der Waals surface area contributed by atoms with E-state index >= 15 is 0 Å². The summed E-state index contributed by atoms with van der Waals surface area (Å²) in [5, 5.41) is 2.77. The largest absolute Gasteiger partial charge is 0.573 e. The molecule has 0 atom stereocenters. The maximum absolute atomic E-state index is 14.6. The number of hydrogen-bond acceptors (Lipinski definition) is 4. The van der Waals surface area contributed by atoms with Crippen molar-refractivity contribution < 1.29 is 22.3 Å². The van der Waals surface area contributed by atoms with E-state index in [0.29, 0.717) is 16.9 Å². The van der Waals surface area contributed by atoms with Crippen molar-refractivity contribution in [3.8, 4) is 5.75 Å². The van der Waals surface area contributed by atoms with Crippen LogP contribution in [0.5, 0.6) is 5.75 Å². The fraction of sp³-hybridized carbons (Fsp3) is 0.381. The van der Waals surface area contributed by atoms with Gasteiger partial charge in [-0.05, 0) is 48.5 Å². The molecule has 0 amide bonds. The van der Waals surface area contributed by atoms with Gasteiger partial charge in [0.25, 0.3) is 0 Å². The lowest BCUT2D eigenvalue weighted by Gasteiger charge is -2.35. The second-order valence-electron chi connectivity index (χ2n) is 7.11. The number of rotatable bonds is 6. The number of alkyl halides is 3. The Morgan fingerprint density at radius 3 is 2.31 bits per heavy atom. The minimum absolute atomic E-state index is 0. The van der Waals surface area contributed by atoms with Crippen molar-refractivity contribution in [2.24, 2.45) is 10.7 Å². The fourth-order valence-corrected chi connectivity index (χ4v) is 3.31. The highest BCUT2D eigenvalue weighted by molar-refractivity contribution is 14.0. The molecule has 1 heterocycles. The van der Waals surface area contributed by atoms with Crippen LogP contribution in [0.3, 0.4) is 0 Å². The number of nitrogens with one attached hydrogen (secondary N) is 1. The molecule has 6 nitrogen and oxygen atoms in total. The second-order valence-corrected chi connectivity index (χ2v) is 7.11.